The lowest BCUT2D eigenvalue weighted by molar-refractivity contribution is -0.147. The van der Waals surface area contributed by atoms with Gasteiger partial charge in [-0.05, 0) is 43.5 Å². The van der Waals surface area contributed by atoms with Crippen molar-refractivity contribution in [3.8, 4) is 0 Å². The molecule has 1 N–H and O–H groups in total. The number of thioether (sulfide) groups is 1. The molecule has 11 heteroatoms. The number of para-hydroxylation sites is 2. The number of rotatable bonds is 7. The van der Waals surface area contributed by atoms with Crippen LogP contribution in [0.15, 0.2) is 78.9 Å². The number of carbonyl (C=O) groups is 3. The summed E-state index contributed by atoms with van der Waals surface area (Å²) in [5.74, 6) is -1.91. The van der Waals surface area contributed by atoms with E-state index in [9.17, 15) is 19.5 Å². The van der Waals surface area contributed by atoms with Crippen molar-refractivity contribution in [3.63, 3.8) is 0 Å². The Labute approximate surface area is 266 Å². The van der Waals surface area contributed by atoms with E-state index in [1.807, 2.05) is 93.6 Å². The number of anilines is 1. The number of likely N-dealkylation sites (tertiary alicyclic amines) is 1. The van der Waals surface area contributed by atoms with E-state index in [4.69, 9.17) is 0 Å². The monoisotopic (exact) mass is 626 g/mol. The number of hydrogen-bond acceptors (Lipinski definition) is 7. The lowest BCUT2D eigenvalue weighted by atomic mass is 9.74. The summed E-state index contributed by atoms with van der Waals surface area (Å²) in [6, 6.07) is 15.6. The molecule has 1 unspecified atom stereocenters. The van der Waals surface area contributed by atoms with Crippen molar-refractivity contribution in [2.24, 2.45) is 17.8 Å². The standard InChI is InChI=1S/C34H38N6O4S/c1-22(2)19-24(20-41)40-29-32(44)37(21-39-26-14-8-7-13-25(26)35-36-39)17-10-16-34(29)28(31(40)43)27-30(42)38(23-11-5-4-6-12-23)18-9-15-33(27,3)45-34/h4-16,22,24,27-29,41H,17-21H2,1-3H3/t24-,27-,28+,29?,33+,34+/m1/s1. The number of aromatic nitrogens is 3. The van der Waals surface area contributed by atoms with Crippen molar-refractivity contribution < 1.29 is 19.5 Å². The molecule has 6 atom stereocenters. The molecular formula is C34H38N6O4S. The third-order valence-corrected chi connectivity index (χ3v) is 11.5. The number of carbonyl (C=O) groups excluding carboxylic acids is 3. The minimum Gasteiger partial charge on any atom is -0.394 e. The summed E-state index contributed by atoms with van der Waals surface area (Å²) in [5.41, 5.74) is 2.31. The molecule has 45 heavy (non-hydrogen) atoms. The van der Waals surface area contributed by atoms with Gasteiger partial charge in [-0.15, -0.1) is 16.9 Å². The maximum absolute atomic E-state index is 14.9. The molecule has 3 aromatic rings. The SMILES string of the molecule is CC(C)C[C@H](CO)N1C(=O)[C@@H]2[C@@H]3C(=O)N(c4ccccc4)CC=C[C@]3(C)S[C@@]23C=CCN(Cn2nnc4ccccc42)C(=O)C13. The van der Waals surface area contributed by atoms with E-state index in [0.717, 1.165) is 16.7 Å². The second-order valence-electron chi connectivity index (χ2n) is 13.1. The summed E-state index contributed by atoms with van der Waals surface area (Å²) in [6.45, 7) is 6.70. The summed E-state index contributed by atoms with van der Waals surface area (Å²) < 4.78 is -0.0247. The van der Waals surface area contributed by atoms with Gasteiger partial charge in [-0.25, -0.2) is 4.68 Å². The zero-order valence-corrected chi connectivity index (χ0v) is 26.5. The highest BCUT2D eigenvalue weighted by atomic mass is 32.2. The predicted molar refractivity (Wildman–Crippen MR) is 173 cm³/mol. The van der Waals surface area contributed by atoms with Crippen LogP contribution in [-0.2, 0) is 21.1 Å². The Morgan fingerprint density at radius 2 is 1.67 bits per heavy atom. The van der Waals surface area contributed by atoms with Crippen LogP contribution in [-0.4, -0.2) is 88.9 Å². The Morgan fingerprint density at radius 3 is 2.42 bits per heavy atom. The van der Waals surface area contributed by atoms with E-state index in [2.05, 4.69) is 16.4 Å². The first-order valence-electron chi connectivity index (χ1n) is 15.6. The van der Waals surface area contributed by atoms with E-state index in [0.29, 0.717) is 19.5 Å². The molecule has 10 nitrogen and oxygen atoms in total. The van der Waals surface area contributed by atoms with E-state index < -0.39 is 33.4 Å². The molecule has 0 saturated carbocycles. The fourth-order valence-corrected chi connectivity index (χ4v) is 10.0. The Balaban J connectivity index is 1.33. The highest BCUT2D eigenvalue weighted by Crippen LogP contribution is 2.66. The lowest BCUT2D eigenvalue weighted by Crippen LogP contribution is -2.57. The second-order valence-corrected chi connectivity index (χ2v) is 14.9. The van der Waals surface area contributed by atoms with Crippen molar-refractivity contribution in [3.05, 3.63) is 78.9 Å². The molecule has 234 valence electrons. The molecule has 7 rings (SSSR count). The predicted octanol–water partition coefficient (Wildman–Crippen LogP) is 3.48. The Morgan fingerprint density at radius 1 is 0.933 bits per heavy atom. The first-order chi connectivity index (χ1) is 21.7. The molecule has 0 radical (unpaired) electrons. The number of amides is 3. The third kappa shape index (κ3) is 4.62. The minimum atomic E-state index is -1.00. The number of hydrogen-bond donors (Lipinski definition) is 1. The topological polar surface area (TPSA) is 112 Å². The summed E-state index contributed by atoms with van der Waals surface area (Å²) in [7, 11) is 0. The van der Waals surface area contributed by atoms with Crippen molar-refractivity contribution in [1.82, 2.24) is 24.8 Å². The van der Waals surface area contributed by atoms with Gasteiger partial charge in [0.15, 0.2) is 0 Å². The Bertz CT molecular complexity index is 1710. The summed E-state index contributed by atoms with van der Waals surface area (Å²) in [4.78, 5) is 49.4. The zero-order chi connectivity index (χ0) is 31.5. The van der Waals surface area contributed by atoms with Crippen molar-refractivity contribution in [2.45, 2.75) is 55.4 Å². The van der Waals surface area contributed by atoms with E-state index in [1.165, 1.54) is 0 Å². The van der Waals surface area contributed by atoms with Crippen molar-refractivity contribution in [1.29, 1.82) is 0 Å². The molecular weight excluding hydrogens is 588 g/mol. The van der Waals surface area contributed by atoms with Gasteiger partial charge in [-0.2, -0.15) is 0 Å². The van der Waals surface area contributed by atoms with Crippen LogP contribution in [0.5, 0.6) is 0 Å². The third-order valence-electron chi connectivity index (χ3n) is 9.72. The summed E-state index contributed by atoms with van der Waals surface area (Å²) in [5, 5.41) is 19.3. The number of aliphatic hydroxyl groups excluding tert-OH is 1. The van der Waals surface area contributed by atoms with Gasteiger partial charge >= 0.3 is 0 Å². The van der Waals surface area contributed by atoms with Crippen LogP contribution in [0, 0.1) is 17.8 Å². The first-order valence-corrected chi connectivity index (χ1v) is 16.4. The first kappa shape index (κ1) is 29.7. The number of benzene rings is 2. The van der Waals surface area contributed by atoms with Gasteiger partial charge in [0.05, 0.1) is 34.7 Å². The fraction of sp³-hybridized carbons (Fsp3) is 0.441. The maximum Gasteiger partial charge on any atom is 0.248 e. The van der Waals surface area contributed by atoms with Gasteiger partial charge < -0.3 is 19.8 Å². The molecule has 0 aliphatic carbocycles. The normalized spacial score (nSPS) is 30.1. The molecule has 1 spiro atoms. The molecule has 2 fully saturated rings. The van der Waals surface area contributed by atoms with Crippen LogP contribution in [0.4, 0.5) is 5.69 Å². The average Bonchev–Trinajstić information content (AvgIpc) is 3.56. The molecule has 2 saturated heterocycles. The van der Waals surface area contributed by atoms with Crippen LogP contribution in [0.3, 0.4) is 0 Å². The Kier molecular flexibility index (Phi) is 7.36. The molecule has 5 heterocycles. The zero-order valence-electron chi connectivity index (χ0n) is 25.7. The van der Waals surface area contributed by atoms with Gasteiger partial charge in [0.2, 0.25) is 17.7 Å². The number of nitrogens with zero attached hydrogens (tertiary/aromatic N) is 6. The van der Waals surface area contributed by atoms with E-state index >= 15 is 0 Å². The molecule has 3 amide bonds. The van der Waals surface area contributed by atoms with Gasteiger partial charge in [0.25, 0.3) is 0 Å². The summed E-state index contributed by atoms with van der Waals surface area (Å²) in [6.07, 6.45) is 8.57. The minimum absolute atomic E-state index is 0.127. The van der Waals surface area contributed by atoms with Crippen LogP contribution < -0.4 is 4.90 Å². The number of fused-ring (bicyclic) bond motifs is 3. The van der Waals surface area contributed by atoms with E-state index in [-0.39, 0.29) is 36.9 Å². The highest BCUT2D eigenvalue weighted by Gasteiger charge is 2.74. The second kappa shape index (κ2) is 11.1. The average molecular weight is 627 g/mol. The quantitative estimate of drug-likeness (QED) is 0.400. The molecule has 4 aliphatic rings. The maximum atomic E-state index is 14.9. The highest BCUT2D eigenvalue weighted by molar-refractivity contribution is 8.02. The van der Waals surface area contributed by atoms with Crippen LogP contribution >= 0.6 is 11.8 Å². The van der Waals surface area contributed by atoms with Crippen LogP contribution in [0.25, 0.3) is 11.0 Å². The molecule has 2 aromatic carbocycles. The van der Waals surface area contributed by atoms with Crippen LogP contribution in [0.1, 0.15) is 27.2 Å². The Hall–Kier alpha value is -3.96. The van der Waals surface area contributed by atoms with Gasteiger partial charge in [-0.3, -0.25) is 14.4 Å². The summed E-state index contributed by atoms with van der Waals surface area (Å²) >= 11 is 1.55. The fourth-order valence-electron chi connectivity index (χ4n) is 7.87. The van der Waals surface area contributed by atoms with Crippen LogP contribution in [0.2, 0.25) is 0 Å². The largest absolute Gasteiger partial charge is 0.394 e. The number of aliphatic hydroxyl groups is 1. The lowest BCUT2D eigenvalue weighted by Gasteiger charge is -2.40. The smallest absolute Gasteiger partial charge is 0.248 e. The van der Waals surface area contributed by atoms with E-state index in [1.54, 1.807) is 31.1 Å². The van der Waals surface area contributed by atoms with Gasteiger partial charge in [0, 0.05) is 23.5 Å². The molecule has 1 aromatic heterocycles. The van der Waals surface area contributed by atoms with Gasteiger partial charge in [0.1, 0.15) is 18.2 Å². The molecule has 0 bridgehead atoms. The molecule has 4 aliphatic heterocycles. The van der Waals surface area contributed by atoms with Crippen molar-refractivity contribution >= 4 is 46.2 Å². The van der Waals surface area contributed by atoms with Crippen molar-refractivity contribution in [2.75, 3.05) is 24.6 Å². The van der Waals surface area contributed by atoms with Gasteiger partial charge in [-0.1, -0.05) is 73.7 Å².